The van der Waals surface area contributed by atoms with Crippen molar-refractivity contribution in [3.8, 4) is 5.69 Å². The number of benzene rings is 2. The second-order valence-corrected chi connectivity index (χ2v) is 4.13. The minimum atomic E-state index is -1.18. The maximum atomic E-state index is 13.8. The van der Waals surface area contributed by atoms with Gasteiger partial charge in [0, 0.05) is 12.1 Å². The first-order valence-corrected chi connectivity index (χ1v) is 5.56. The highest BCUT2D eigenvalue weighted by Gasteiger charge is 2.18. The normalized spacial score (nSPS) is 11.2. The third-order valence-corrected chi connectivity index (χ3v) is 2.88. The van der Waals surface area contributed by atoms with Crippen LogP contribution in [-0.2, 0) is 0 Å². The van der Waals surface area contributed by atoms with E-state index in [4.69, 9.17) is 5.73 Å². The molecule has 2 aromatic carbocycles. The summed E-state index contributed by atoms with van der Waals surface area (Å²) in [4.78, 5) is 3.71. The van der Waals surface area contributed by atoms with E-state index in [0.29, 0.717) is 6.07 Å². The van der Waals surface area contributed by atoms with Gasteiger partial charge in [0.15, 0.2) is 17.5 Å². The van der Waals surface area contributed by atoms with Crippen LogP contribution in [0, 0.1) is 23.3 Å². The fourth-order valence-electron chi connectivity index (χ4n) is 2.04. The molecule has 1 aromatic heterocycles. The quantitative estimate of drug-likeness (QED) is 0.696. The van der Waals surface area contributed by atoms with E-state index in [2.05, 4.69) is 4.98 Å². The van der Waals surface area contributed by atoms with E-state index in [0.717, 1.165) is 16.7 Å². The molecule has 0 spiro atoms. The van der Waals surface area contributed by atoms with E-state index in [9.17, 15) is 17.6 Å². The fourth-order valence-corrected chi connectivity index (χ4v) is 2.04. The molecule has 0 aliphatic carbocycles. The Morgan fingerprint density at radius 3 is 2.50 bits per heavy atom. The molecule has 3 aromatic rings. The summed E-state index contributed by atoms with van der Waals surface area (Å²) in [6.07, 6.45) is 0. The zero-order valence-corrected chi connectivity index (χ0v) is 9.87. The average Bonchev–Trinajstić information content (AvgIpc) is 2.70. The summed E-state index contributed by atoms with van der Waals surface area (Å²) in [5.74, 6) is -4.34. The summed E-state index contributed by atoms with van der Waals surface area (Å²) in [6.45, 7) is 0. The van der Waals surface area contributed by atoms with E-state index >= 15 is 0 Å². The summed E-state index contributed by atoms with van der Waals surface area (Å²) < 4.78 is 54.9. The highest BCUT2D eigenvalue weighted by Crippen LogP contribution is 2.27. The minimum Gasteiger partial charge on any atom is -0.369 e. The van der Waals surface area contributed by atoms with Gasteiger partial charge in [-0.2, -0.15) is 0 Å². The Balaban J connectivity index is 2.42. The van der Waals surface area contributed by atoms with Gasteiger partial charge in [0.2, 0.25) is 5.95 Å². The van der Waals surface area contributed by atoms with Gasteiger partial charge in [-0.3, -0.25) is 4.57 Å². The first kappa shape index (κ1) is 12.5. The Morgan fingerprint density at radius 1 is 1.00 bits per heavy atom. The van der Waals surface area contributed by atoms with Crippen LogP contribution in [-0.4, -0.2) is 9.55 Å². The number of nitrogens with zero attached hydrogens (tertiary/aromatic N) is 2. The summed E-state index contributed by atoms with van der Waals surface area (Å²) in [6, 6.07) is 5.01. The molecule has 102 valence electrons. The van der Waals surface area contributed by atoms with Crippen LogP contribution in [0.3, 0.4) is 0 Å². The monoisotopic (exact) mass is 281 g/mol. The van der Waals surface area contributed by atoms with Crippen LogP contribution in [0.2, 0.25) is 0 Å². The Labute approximate surface area is 110 Å². The number of nitrogens with two attached hydrogens (primary N) is 1. The molecular formula is C13H7F4N3. The highest BCUT2D eigenvalue weighted by atomic mass is 19.2. The van der Waals surface area contributed by atoms with Gasteiger partial charge in [-0.05, 0) is 12.1 Å². The number of rotatable bonds is 1. The molecule has 7 heteroatoms. The van der Waals surface area contributed by atoms with Gasteiger partial charge in [0.05, 0.1) is 11.2 Å². The predicted octanol–water partition coefficient (Wildman–Crippen LogP) is 3.16. The van der Waals surface area contributed by atoms with Crippen molar-refractivity contribution in [2.24, 2.45) is 0 Å². The smallest absolute Gasteiger partial charge is 0.206 e. The second kappa shape index (κ2) is 4.22. The fraction of sp³-hybridized carbons (Fsp3) is 0. The first-order chi connectivity index (χ1) is 9.49. The first-order valence-electron chi connectivity index (χ1n) is 5.56. The van der Waals surface area contributed by atoms with Crippen LogP contribution in [0.4, 0.5) is 23.5 Å². The van der Waals surface area contributed by atoms with Crippen LogP contribution >= 0.6 is 0 Å². The van der Waals surface area contributed by atoms with Crippen LogP contribution < -0.4 is 5.73 Å². The number of hydrogen-bond acceptors (Lipinski definition) is 2. The molecular weight excluding hydrogens is 274 g/mol. The Hall–Kier alpha value is -2.57. The van der Waals surface area contributed by atoms with Crippen molar-refractivity contribution in [2.75, 3.05) is 5.73 Å². The lowest BCUT2D eigenvalue weighted by atomic mass is 10.2. The molecule has 2 N–H and O–H groups in total. The maximum absolute atomic E-state index is 13.8. The molecule has 0 amide bonds. The predicted molar refractivity (Wildman–Crippen MR) is 65.3 cm³/mol. The lowest BCUT2D eigenvalue weighted by Crippen LogP contribution is -2.04. The molecule has 0 aliphatic rings. The van der Waals surface area contributed by atoms with Gasteiger partial charge < -0.3 is 5.73 Å². The standard InChI is InChI=1S/C13H7F4N3/c14-6-4-8(16)12-10(5-6)20(13(18)19-12)9-3-1-2-7(15)11(9)17/h1-5H,(H2,18,19). The topological polar surface area (TPSA) is 43.8 Å². The second-order valence-electron chi connectivity index (χ2n) is 4.13. The molecule has 3 rings (SSSR count). The number of halogens is 4. The Bertz CT molecular complexity index is 826. The van der Waals surface area contributed by atoms with Crippen LogP contribution in [0.25, 0.3) is 16.7 Å². The van der Waals surface area contributed by atoms with Gasteiger partial charge >= 0.3 is 0 Å². The number of hydrogen-bond donors (Lipinski definition) is 1. The third kappa shape index (κ3) is 1.70. The number of imidazole rings is 1. The number of anilines is 1. The van der Waals surface area contributed by atoms with Crippen LogP contribution in [0.15, 0.2) is 30.3 Å². The summed E-state index contributed by atoms with van der Waals surface area (Å²) in [5.41, 5.74) is 5.03. The third-order valence-electron chi connectivity index (χ3n) is 2.88. The Morgan fingerprint density at radius 2 is 1.75 bits per heavy atom. The average molecular weight is 281 g/mol. The van der Waals surface area contributed by atoms with Gasteiger partial charge in [-0.1, -0.05) is 6.07 Å². The van der Waals surface area contributed by atoms with Crippen molar-refractivity contribution < 1.29 is 17.6 Å². The van der Waals surface area contributed by atoms with Crippen molar-refractivity contribution >= 4 is 17.0 Å². The van der Waals surface area contributed by atoms with Crippen molar-refractivity contribution in [1.29, 1.82) is 0 Å². The molecule has 0 bridgehead atoms. The Kier molecular flexibility index (Phi) is 2.63. The van der Waals surface area contributed by atoms with Gasteiger partial charge in [0.25, 0.3) is 0 Å². The molecule has 3 nitrogen and oxygen atoms in total. The molecule has 0 unspecified atom stereocenters. The van der Waals surface area contributed by atoms with E-state index in [1.807, 2.05) is 0 Å². The number of aromatic nitrogens is 2. The molecule has 0 saturated heterocycles. The lowest BCUT2D eigenvalue weighted by molar-refractivity contribution is 0.505. The van der Waals surface area contributed by atoms with E-state index in [-0.39, 0.29) is 22.7 Å². The van der Waals surface area contributed by atoms with Crippen LogP contribution in [0.5, 0.6) is 0 Å². The maximum Gasteiger partial charge on any atom is 0.206 e. The summed E-state index contributed by atoms with van der Waals surface area (Å²) in [5, 5.41) is 0. The summed E-state index contributed by atoms with van der Waals surface area (Å²) in [7, 11) is 0. The molecule has 0 radical (unpaired) electrons. The van der Waals surface area contributed by atoms with Gasteiger partial charge in [-0.25, -0.2) is 22.5 Å². The summed E-state index contributed by atoms with van der Waals surface area (Å²) >= 11 is 0. The van der Waals surface area contributed by atoms with E-state index < -0.39 is 23.3 Å². The van der Waals surface area contributed by atoms with Gasteiger partial charge in [0.1, 0.15) is 11.3 Å². The minimum absolute atomic E-state index is 0.0792. The zero-order valence-electron chi connectivity index (χ0n) is 9.87. The lowest BCUT2D eigenvalue weighted by Gasteiger charge is -2.08. The van der Waals surface area contributed by atoms with Crippen molar-refractivity contribution in [1.82, 2.24) is 9.55 Å². The molecule has 1 heterocycles. The van der Waals surface area contributed by atoms with Crippen molar-refractivity contribution in [2.45, 2.75) is 0 Å². The van der Waals surface area contributed by atoms with Crippen molar-refractivity contribution in [3.63, 3.8) is 0 Å². The zero-order chi connectivity index (χ0) is 14.4. The molecule has 0 aliphatic heterocycles. The van der Waals surface area contributed by atoms with E-state index in [1.54, 1.807) is 0 Å². The molecule has 20 heavy (non-hydrogen) atoms. The van der Waals surface area contributed by atoms with Gasteiger partial charge in [-0.15, -0.1) is 0 Å². The van der Waals surface area contributed by atoms with Crippen molar-refractivity contribution in [3.05, 3.63) is 53.6 Å². The number of nitrogen functional groups attached to an aromatic ring is 1. The molecule has 0 fully saturated rings. The molecule has 0 atom stereocenters. The SMILES string of the molecule is Nc1nc2c(F)cc(F)cc2n1-c1cccc(F)c1F. The number of fused-ring (bicyclic) bond motifs is 1. The molecule has 0 saturated carbocycles. The highest BCUT2D eigenvalue weighted by molar-refractivity contribution is 5.81. The largest absolute Gasteiger partial charge is 0.369 e. The van der Waals surface area contributed by atoms with E-state index in [1.165, 1.54) is 12.1 Å². The van der Waals surface area contributed by atoms with Crippen LogP contribution in [0.1, 0.15) is 0 Å².